The second-order valence-corrected chi connectivity index (χ2v) is 4.57. The Morgan fingerprint density at radius 3 is 2.80 bits per heavy atom. The molecule has 6 nitrogen and oxygen atoms in total. The SMILES string of the molecule is CNCCCN(C)c1nc(C(=O)O)nc2ccccc12. The van der Waals surface area contributed by atoms with E-state index in [1.807, 2.05) is 37.2 Å². The zero-order chi connectivity index (χ0) is 14.5. The quantitative estimate of drug-likeness (QED) is 0.775. The average molecular weight is 274 g/mol. The van der Waals surface area contributed by atoms with Crippen molar-refractivity contribution >= 4 is 22.7 Å². The molecule has 0 radical (unpaired) electrons. The molecular weight excluding hydrogens is 256 g/mol. The van der Waals surface area contributed by atoms with E-state index in [0.717, 1.165) is 24.9 Å². The fourth-order valence-electron chi connectivity index (χ4n) is 2.05. The summed E-state index contributed by atoms with van der Waals surface area (Å²) < 4.78 is 0. The highest BCUT2D eigenvalue weighted by molar-refractivity contribution is 5.93. The maximum Gasteiger partial charge on any atom is 0.374 e. The Balaban J connectivity index is 2.41. The van der Waals surface area contributed by atoms with Crippen molar-refractivity contribution in [1.82, 2.24) is 15.3 Å². The highest BCUT2D eigenvalue weighted by atomic mass is 16.4. The summed E-state index contributed by atoms with van der Waals surface area (Å²) in [6.45, 7) is 1.69. The zero-order valence-corrected chi connectivity index (χ0v) is 11.6. The number of carbonyl (C=O) groups is 1. The molecule has 0 aliphatic heterocycles. The van der Waals surface area contributed by atoms with Crippen LogP contribution in [-0.4, -0.2) is 48.2 Å². The van der Waals surface area contributed by atoms with Crippen molar-refractivity contribution in [3.63, 3.8) is 0 Å². The van der Waals surface area contributed by atoms with Gasteiger partial charge in [-0.25, -0.2) is 14.8 Å². The zero-order valence-electron chi connectivity index (χ0n) is 11.6. The van der Waals surface area contributed by atoms with Crippen LogP contribution in [0.15, 0.2) is 24.3 Å². The minimum atomic E-state index is -1.11. The molecule has 6 heteroatoms. The number of hydrogen-bond acceptors (Lipinski definition) is 5. The number of nitrogens with one attached hydrogen (secondary N) is 1. The maximum absolute atomic E-state index is 11.1. The van der Waals surface area contributed by atoms with E-state index in [0.29, 0.717) is 11.3 Å². The van der Waals surface area contributed by atoms with E-state index in [-0.39, 0.29) is 5.82 Å². The van der Waals surface area contributed by atoms with Gasteiger partial charge in [0.1, 0.15) is 5.82 Å². The molecule has 0 atom stereocenters. The number of carboxylic acid groups (broad SMARTS) is 1. The predicted molar refractivity (Wildman–Crippen MR) is 78.3 cm³/mol. The Bertz CT molecular complexity index is 615. The summed E-state index contributed by atoms with van der Waals surface area (Å²) in [5.41, 5.74) is 0.648. The molecule has 0 bridgehead atoms. The molecule has 1 aromatic carbocycles. The van der Waals surface area contributed by atoms with Crippen LogP contribution in [0.25, 0.3) is 10.9 Å². The molecule has 20 heavy (non-hydrogen) atoms. The van der Waals surface area contributed by atoms with Crippen LogP contribution in [0.4, 0.5) is 5.82 Å². The standard InChI is InChI=1S/C14H18N4O2/c1-15-8-5-9-18(2)13-10-6-3-4-7-11(10)16-12(17-13)14(19)20/h3-4,6-7,15H,5,8-9H2,1-2H3,(H,19,20). The first-order valence-corrected chi connectivity index (χ1v) is 6.49. The Hall–Kier alpha value is -2.21. The number of aromatic nitrogens is 2. The summed E-state index contributed by atoms with van der Waals surface area (Å²) in [5.74, 6) is -0.621. The van der Waals surface area contributed by atoms with Gasteiger partial charge in [-0.15, -0.1) is 0 Å². The topological polar surface area (TPSA) is 78.4 Å². The van der Waals surface area contributed by atoms with Crippen LogP contribution in [-0.2, 0) is 0 Å². The monoisotopic (exact) mass is 274 g/mol. The first-order valence-electron chi connectivity index (χ1n) is 6.49. The maximum atomic E-state index is 11.1. The number of anilines is 1. The van der Waals surface area contributed by atoms with Crippen molar-refractivity contribution in [3.8, 4) is 0 Å². The molecule has 2 aromatic rings. The highest BCUT2D eigenvalue weighted by Crippen LogP contribution is 2.23. The summed E-state index contributed by atoms with van der Waals surface area (Å²) >= 11 is 0. The van der Waals surface area contributed by atoms with Crippen LogP contribution >= 0.6 is 0 Å². The van der Waals surface area contributed by atoms with Crippen molar-refractivity contribution < 1.29 is 9.90 Å². The fraction of sp³-hybridized carbons (Fsp3) is 0.357. The number of aromatic carboxylic acids is 1. The third-order valence-electron chi connectivity index (χ3n) is 3.06. The highest BCUT2D eigenvalue weighted by Gasteiger charge is 2.14. The summed E-state index contributed by atoms with van der Waals surface area (Å²) in [6, 6.07) is 7.45. The largest absolute Gasteiger partial charge is 0.475 e. The van der Waals surface area contributed by atoms with Crippen LogP contribution in [0.1, 0.15) is 17.0 Å². The van der Waals surface area contributed by atoms with Gasteiger partial charge in [0.15, 0.2) is 0 Å². The molecule has 0 saturated carbocycles. The average Bonchev–Trinajstić information content (AvgIpc) is 2.46. The molecule has 2 rings (SSSR count). The van der Waals surface area contributed by atoms with Crippen molar-refractivity contribution in [2.24, 2.45) is 0 Å². The number of hydrogen-bond donors (Lipinski definition) is 2. The first-order chi connectivity index (χ1) is 9.63. The van der Waals surface area contributed by atoms with Crippen molar-refractivity contribution in [2.45, 2.75) is 6.42 Å². The van der Waals surface area contributed by atoms with Gasteiger partial charge in [0.2, 0.25) is 5.82 Å². The van der Waals surface area contributed by atoms with Crippen LogP contribution in [0.2, 0.25) is 0 Å². The Labute approximate surface area is 117 Å². The van der Waals surface area contributed by atoms with Gasteiger partial charge in [-0.2, -0.15) is 0 Å². The molecule has 0 aliphatic carbocycles. The number of carboxylic acids is 1. The van der Waals surface area contributed by atoms with Gasteiger partial charge in [-0.3, -0.25) is 0 Å². The third-order valence-corrected chi connectivity index (χ3v) is 3.06. The molecule has 0 fully saturated rings. The minimum Gasteiger partial charge on any atom is -0.475 e. The van der Waals surface area contributed by atoms with E-state index in [9.17, 15) is 4.79 Å². The van der Waals surface area contributed by atoms with Crippen LogP contribution < -0.4 is 10.2 Å². The number of fused-ring (bicyclic) bond motifs is 1. The molecule has 1 aromatic heterocycles. The van der Waals surface area contributed by atoms with Crippen LogP contribution in [0.3, 0.4) is 0 Å². The number of nitrogens with zero attached hydrogens (tertiary/aromatic N) is 3. The van der Waals surface area contributed by atoms with E-state index < -0.39 is 5.97 Å². The normalized spacial score (nSPS) is 10.7. The van der Waals surface area contributed by atoms with Crippen LogP contribution in [0.5, 0.6) is 0 Å². The second kappa shape index (κ2) is 6.29. The smallest absolute Gasteiger partial charge is 0.374 e. The van der Waals surface area contributed by atoms with Gasteiger partial charge in [0.25, 0.3) is 0 Å². The molecule has 106 valence electrons. The van der Waals surface area contributed by atoms with E-state index in [1.165, 1.54) is 0 Å². The molecule has 0 unspecified atom stereocenters. The van der Waals surface area contributed by atoms with Gasteiger partial charge in [0.05, 0.1) is 5.52 Å². The van der Waals surface area contributed by atoms with Gasteiger partial charge in [-0.1, -0.05) is 12.1 Å². The number of benzene rings is 1. The van der Waals surface area contributed by atoms with Gasteiger partial charge >= 0.3 is 5.97 Å². The van der Waals surface area contributed by atoms with Crippen molar-refractivity contribution in [2.75, 3.05) is 32.1 Å². The van der Waals surface area contributed by atoms with Gasteiger partial charge in [-0.05, 0) is 32.1 Å². The molecule has 2 N–H and O–H groups in total. The Morgan fingerprint density at radius 2 is 2.10 bits per heavy atom. The molecular formula is C14H18N4O2. The van der Waals surface area contributed by atoms with E-state index in [2.05, 4.69) is 15.3 Å². The second-order valence-electron chi connectivity index (χ2n) is 4.57. The minimum absolute atomic E-state index is 0.167. The summed E-state index contributed by atoms with van der Waals surface area (Å²) in [7, 11) is 3.82. The molecule has 0 saturated heterocycles. The number of rotatable bonds is 6. The lowest BCUT2D eigenvalue weighted by atomic mass is 10.2. The third kappa shape index (κ3) is 3.03. The van der Waals surface area contributed by atoms with E-state index >= 15 is 0 Å². The molecule has 0 aliphatic rings. The summed E-state index contributed by atoms with van der Waals surface area (Å²) in [4.78, 5) is 21.3. The fourth-order valence-corrected chi connectivity index (χ4v) is 2.05. The lowest BCUT2D eigenvalue weighted by molar-refractivity contribution is 0.0684. The Kier molecular flexibility index (Phi) is 4.47. The van der Waals surface area contributed by atoms with Crippen molar-refractivity contribution in [1.29, 1.82) is 0 Å². The van der Waals surface area contributed by atoms with Gasteiger partial charge < -0.3 is 15.3 Å². The predicted octanol–water partition coefficient (Wildman–Crippen LogP) is 1.37. The summed E-state index contributed by atoms with van der Waals surface area (Å²) in [5, 5.41) is 13.1. The van der Waals surface area contributed by atoms with Gasteiger partial charge in [0, 0.05) is 19.0 Å². The summed E-state index contributed by atoms with van der Waals surface area (Å²) in [6.07, 6.45) is 0.952. The lowest BCUT2D eigenvalue weighted by Gasteiger charge is -2.20. The van der Waals surface area contributed by atoms with E-state index in [1.54, 1.807) is 6.07 Å². The molecule has 0 spiro atoms. The van der Waals surface area contributed by atoms with Crippen LogP contribution in [0, 0.1) is 0 Å². The van der Waals surface area contributed by atoms with Crippen molar-refractivity contribution in [3.05, 3.63) is 30.1 Å². The number of para-hydroxylation sites is 1. The Morgan fingerprint density at radius 1 is 1.35 bits per heavy atom. The molecule has 1 heterocycles. The molecule has 0 amide bonds. The lowest BCUT2D eigenvalue weighted by Crippen LogP contribution is -2.24. The van der Waals surface area contributed by atoms with E-state index in [4.69, 9.17) is 5.11 Å². The first kappa shape index (κ1) is 14.2.